The Kier molecular flexibility index (Phi) is 7.23. The number of benzene rings is 2. The lowest BCUT2D eigenvalue weighted by molar-refractivity contribution is -0.144. The Labute approximate surface area is 165 Å². The first-order valence-electron chi connectivity index (χ1n) is 8.22. The summed E-state index contributed by atoms with van der Waals surface area (Å²) < 4.78 is 42.3. The topological polar surface area (TPSA) is 55.4 Å². The van der Waals surface area contributed by atoms with Crippen LogP contribution in [0.25, 0.3) is 6.08 Å². The molecule has 148 valence electrons. The number of alkyl halides is 3. The van der Waals surface area contributed by atoms with Crippen LogP contribution in [-0.4, -0.2) is 18.5 Å². The minimum Gasteiger partial charge on any atom is -0.452 e. The predicted octanol–water partition coefficient (Wildman–Crippen LogP) is 4.79. The Morgan fingerprint density at radius 2 is 1.86 bits per heavy atom. The van der Waals surface area contributed by atoms with Gasteiger partial charge in [-0.2, -0.15) is 13.2 Å². The Morgan fingerprint density at radius 3 is 2.46 bits per heavy atom. The van der Waals surface area contributed by atoms with Crippen LogP contribution in [-0.2, 0) is 20.5 Å². The molecule has 8 heteroatoms. The van der Waals surface area contributed by atoms with E-state index in [9.17, 15) is 22.8 Å². The summed E-state index contributed by atoms with van der Waals surface area (Å²) >= 11 is 5.90. The lowest BCUT2D eigenvalue weighted by Crippen LogP contribution is -2.30. The van der Waals surface area contributed by atoms with Gasteiger partial charge < -0.3 is 10.1 Å². The Morgan fingerprint density at radius 1 is 1.18 bits per heavy atom. The second-order valence-corrected chi connectivity index (χ2v) is 6.34. The third-order valence-corrected chi connectivity index (χ3v) is 3.96. The molecule has 2 aromatic rings. The number of nitrogens with one attached hydrogen (secondary N) is 1. The van der Waals surface area contributed by atoms with Crippen molar-refractivity contribution in [3.05, 3.63) is 76.3 Å². The normalized spacial score (nSPS) is 12.6. The molecule has 1 amide bonds. The minimum atomic E-state index is -4.42. The van der Waals surface area contributed by atoms with E-state index < -0.39 is 30.2 Å². The molecule has 28 heavy (non-hydrogen) atoms. The summed E-state index contributed by atoms with van der Waals surface area (Å²) in [4.78, 5) is 23.5. The molecule has 0 fully saturated rings. The lowest BCUT2D eigenvalue weighted by atomic mass is 10.1. The molecule has 0 aliphatic rings. The highest BCUT2D eigenvalue weighted by atomic mass is 35.5. The fraction of sp³-hybridized carbons (Fsp3) is 0.200. The summed E-state index contributed by atoms with van der Waals surface area (Å²) in [6, 6.07) is 10.9. The number of hydrogen-bond acceptors (Lipinski definition) is 3. The van der Waals surface area contributed by atoms with Gasteiger partial charge in [-0.3, -0.25) is 4.79 Å². The van der Waals surface area contributed by atoms with Gasteiger partial charge in [-0.05, 0) is 48.4 Å². The van der Waals surface area contributed by atoms with Gasteiger partial charge in [0.05, 0.1) is 11.6 Å². The monoisotopic (exact) mass is 411 g/mol. The number of carbonyl (C=O) groups excluding carboxylic acids is 2. The van der Waals surface area contributed by atoms with Crippen LogP contribution in [0.3, 0.4) is 0 Å². The zero-order valence-corrected chi connectivity index (χ0v) is 15.6. The lowest BCUT2D eigenvalue weighted by Gasteiger charge is -2.14. The highest BCUT2D eigenvalue weighted by Gasteiger charge is 2.29. The molecule has 1 N–H and O–H groups in total. The highest BCUT2D eigenvalue weighted by Crippen LogP contribution is 2.29. The van der Waals surface area contributed by atoms with Gasteiger partial charge in [0.1, 0.15) is 0 Å². The maximum Gasteiger partial charge on any atom is 0.416 e. The van der Waals surface area contributed by atoms with E-state index in [4.69, 9.17) is 16.3 Å². The van der Waals surface area contributed by atoms with E-state index in [1.165, 1.54) is 18.2 Å². The molecular weight excluding hydrogens is 395 g/mol. The van der Waals surface area contributed by atoms with E-state index in [0.717, 1.165) is 23.8 Å². The summed E-state index contributed by atoms with van der Waals surface area (Å²) in [6.45, 7) is 1.27. The van der Waals surface area contributed by atoms with Gasteiger partial charge in [0.2, 0.25) is 0 Å². The number of carbonyl (C=O) groups is 2. The number of ether oxygens (including phenoxy) is 1. The van der Waals surface area contributed by atoms with Crippen LogP contribution in [0.5, 0.6) is 0 Å². The van der Waals surface area contributed by atoms with Crippen molar-refractivity contribution in [3.63, 3.8) is 0 Å². The molecule has 0 saturated heterocycles. The van der Waals surface area contributed by atoms with Crippen LogP contribution in [0.15, 0.2) is 54.6 Å². The minimum absolute atomic E-state index is 0.326. The maximum absolute atomic E-state index is 12.5. The third kappa shape index (κ3) is 6.74. The zero-order valence-electron chi connectivity index (χ0n) is 14.8. The smallest absolute Gasteiger partial charge is 0.416 e. The van der Waals surface area contributed by atoms with Gasteiger partial charge in [-0.15, -0.1) is 0 Å². The Hall–Kier alpha value is -2.80. The fourth-order valence-electron chi connectivity index (χ4n) is 2.27. The maximum atomic E-state index is 12.5. The predicted molar refractivity (Wildman–Crippen MR) is 99.4 cm³/mol. The second-order valence-electron chi connectivity index (χ2n) is 5.91. The van der Waals surface area contributed by atoms with E-state index in [1.807, 2.05) is 0 Å². The second kappa shape index (κ2) is 9.41. The average Bonchev–Trinajstić information content (AvgIpc) is 2.64. The summed E-state index contributed by atoms with van der Waals surface area (Å²) in [7, 11) is 0. The molecular formula is C20H17ClF3NO3. The first-order chi connectivity index (χ1) is 13.1. The van der Waals surface area contributed by atoms with Crippen LogP contribution in [0.2, 0.25) is 5.02 Å². The standard InChI is InChI=1S/C20H17ClF3NO3/c1-13(15-3-2-4-17(21)11-15)25-18(26)12-28-19(27)10-7-14-5-8-16(9-6-14)20(22,23)24/h2-11,13H,12H2,1H3,(H,25,26)/b10-7+/t13-/m0/s1. The quantitative estimate of drug-likeness (QED) is 0.549. The summed E-state index contributed by atoms with van der Waals surface area (Å²) in [5, 5.41) is 3.21. The van der Waals surface area contributed by atoms with E-state index in [0.29, 0.717) is 10.6 Å². The first-order valence-corrected chi connectivity index (χ1v) is 8.60. The Balaban J connectivity index is 1.81. The summed E-state index contributed by atoms with van der Waals surface area (Å²) in [5.41, 5.74) is 0.413. The van der Waals surface area contributed by atoms with Crippen molar-refractivity contribution < 1.29 is 27.5 Å². The van der Waals surface area contributed by atoms with Crippen molar-refractivity contribution in [1.29, 1.82) is 0 Å². The van der Waals surface area contributed by atoms with Crippen molar-refractivity contribution in [1.82, 2.24) is 5.32 Å². The molecule has 0 aromatic heterocycles. The Bertz CT molecular complexity index is 864. The van der Waals surface area contributed by atoms with Gasteiger partial charge in [0.15, 0.2) is 6.61 Å². The van der Waals surface area contributed by atoms with Crippen LogP contribution in [0, 0.1) is 0 Å². The third-order valence-electron chi connectivity index (χ3n) is 3.72. The molecule has 0 unspecified atom stereocenters. The molecule has 0 aliphatic heterocycles. The van der Waals surface area contributed by atoms with Crippen molar-refractivity contribution >= 4 is 29.6 Å². The van der Waals surface area contributed by atoms with Crippen LogP contribution in [0.1, 0.15) is 29.7 Å². The molecule has 0 radical (unpaired) electrons. The molecule has 0 bridgehead atoms. The SMILES string of the molecule is C[C@H](NC(=O)COC(=O)/C=C/c1ccc(C(F)(F)F)cc1)c1cccc(Cl)c1. The number of amides is 1. The van der Waals surface area contributed by atoms with Gasteiger partial charge in [-0.25, -0.2) is 4.79 Å². The number of hydrogen-bond donors (Lipinski definition) is 1. The zero-order chi connectivity index (χ0) is 20.7. The van der Waals surface area contributed by atoms with Gasteiger partial charge in [0, 0.05) is 11.1 Å². The number of esters is 1. The number of halogens is 4. The van der Waals surface area contributed by atoms with Gasteiger partial charge in [0.25, 0.3) is 5.91 Å². The van der Waals surface area contributed by atoms with Gasteiger partial charge in [-0.1, -0.05) is 35.9 Å². The average molecular weight is 412 g/mol. The molecule has 0 aliphatic carbocycles. The van der Waals surface area contributed by atoms with E-state index in [1.54, 1.807) is 31.2 Å². The van der Waals surface area contributed by atoms with Crippen LogP contribution in [0.4, 0.5) is 13.2 Å². The fourth-order valence-corrected chi connectivity index (χ4v) is 2.47. The molecule has 0 heterocycles. The molecule has 0 spiro atoms. The van der Waals surface area contributed by atoms with Crippen molar-refractivity contribution in [2.75, 3.05) is 6.61 Å². The molecule has 2 rings (SSSR count). The van der Waals surface area contributed by atoms with Crippen molar-refractivity contribution in [2.45, 2.75) is 19.1 Å². The molecule has 2 aromatic carbocycles. The van der Waals surface area contributed by atoms with E-state index in [-0.39, 0.29) is 6.04 Å². The van der Waals surface area contributed by atoms with Crippen LogP contribution >= 0.6 is 11.6 Å². The highest BCUT2D eigenvalue weighted by molar-refractivity contribution is 6.30. The summed E-state index contributed by atoms with van der Waals surface area (Å²) in [5.74, 6) is -1.28. The molecule has 0 saturated carbocycles. The van der Waals surface area contributed by atoms with Crippen LogP contribution < -0.4 is 5.32 Å². The first kappa shape index (κ1) is 21.5. The molecule has 1 atom stereocenters. The summed E-state index contributed by atoms with van der Waals surface area (Å²) in [6.07, 6.45) is -2.08. The van der Waals surface area contributed by atoms with Crippen molar-refractivity contribution in [2.24, 2.45) is 0 Å². The number of rotatable bonds is 6. The van der Waals surface area contributed by atoms with Crippen molar-refractivity contribution in [3.8, 4) is 0 Å². The van der Waals surface area contributed by atoms with E-state index >= 15 is 0 Å². The van der Waals surface area contributed by atoms with E-state index in [2.05, 4.69) is 5.32 Å². The largest absolute Gasteiger partial charge is 0.452 e. The van der Waals surface area contributed by atoms with Gasteiger partial charge >= 0.3 is 12.1 Å². The molecule has 4 nitrogen and oxygen atoms in total.